The largest absolute Gasteiger partial charge is 0.423 e. The predicted octanol–water partition coefficient (Wildman–Crippen LogP) is 5.51. The van der Waals surface area contributed by atoms with Crippen LogP contribution in [0.5, 0.6) is 5.75 Å². The van der Waals surface area contributed by atoms with E-state index in [1.54, 1.807) is 6.92 Å². The molecular formula is C21H18O2. The van der Waals surface area contributed by atoms with Crippen molar-refractivity contribution in [1.29, 1.82) is 0 Å². The van der Waals surface area contributed by atoms with Crippen LogP contribution in [-0.4, -0.2) is 5.97 Å². The summed E-state index contributed by atoms with van der Waals surface area (Å²) in [5, 5.41) is 4.51. The smallest absolute Gasteiger partial charge is 0.338 e. The van der Waals surface area contributed by atoms with Gasteiger partial charge >= 0.3 is 5.97 Å². The van der Waals surface area contributed by atoms with E-state index in [0.29, 0.717) is 11.3 Å². The number of hydrogen-bond donors (Lipinski definition) is 0. The minimum atomic E-state index is -0.406. The maximum atomic E-state index is 11.6. The lowest BCUT2D eigenvalue weighted by Gasteiger charge is -2.09. The maximum absolute atomic E-state index is 11.6. The van der Waals surface area contributed by atoms with E-state index in [0.717, 1.165) is 21.9 Å². The average Bonchev–Trinajstić information content (AvgIpc) is 2.53. The van der Waals surface area contributed by atoms with Gasteiger partial charge in [-0.25, -0.2) is 4.79 Å². The fourth-order valence-electron chi connectivity index (χ4n) is 2.57. The summed E-state index contributed by atoms with van der Waals surface area (Å²) >= 11 is 0. The van der Waals surface area contributed by atoms with Crippen molar-refractivity contribution in [3.8, 4) is 5.75 Å². The summed E-state index contributed by atoms with van der Waals surface area (Å²) in [5.74, 6) is 0.125. The molecule has 0 fully saturated rings. The lowest BCUT2D eigenvalue weighted by molar-refractivity contribution is -0.130. The van der Waals surface area contributed by atoms with Crippen LogP contribution in [0.2, 0.25) is 0 Å². The van der Waals surface area contributed by atoms with Crippen LogP contribution in [0.15, 0.2) is 67.3 Å². The zero-order chi connectivity index (χ0) is 16.6. The average molecular weight is 302 g/mol. The number of esters is 1. The van der Waals surface area contributed by atoms with Gasteiger partial charge in [-0.05, 0) is 59.2 Å². The molecule has 0 bridgehead atoms. The third-order valence-electron chi connectivity index (χ3n) is 3.86. The second-order valence-corrected chi connectivity index (χ2v) is 5.83. The van der Waals surface area contributed by atoms with Gasteiger partial charge in [-0.3, -0.25) is 0 Å². The fourth-order valence-corrected chi connectivity index (χ4v) is 2.57. The number of ether oxygens (including phenoxy) is 1. The van der Waals surface area contributed by atoms with Gasteiger partial charge < -0.3 is 4.74 Å². The van der Waals surface area contributed by atoms with Crippen molar-refractivity contribution in [3.63, 3.8) is 0 Å². The molecule has 0 amide bonds. The monoisotopic (exact) mass is 302 g/mol. The Morgan fingerprint density at radius 3 is 2.09 bits per heavy atom. The molecule has 0 saturated carbocycles. The normalized spacial score (nSPS) is 10.7. The van der Waals surface area contributed by atoms with E-state index in [2.05, 4.69) is 37.4 Å². The standard InChI is InChI=1S/C21H18O2/c1-13(2)15-7-9-19-16(11-15)5-6-17-12-18(8-10-20(17)19)23-21(22)14(3)4/h5-12H,1,3H2,2,4H3. The molecule has 0 radical (unpaired) electrons. The number of allylic oxidation sites excluding steroid dienone is 1. The van der Waals surface area contributed by atoms with Crippen molar-refractivity contribution >= 4 is 33.1 Å². The van der Waals surface area contributed by atoms with Crippen LogP contribution in [0.1, 0.15) is 19.4 Å². The molecule has 0 aliphatic heterocycles. The topological polar surface area (TPSA) is 26.3 Å². The number of carbonyl (C=O) groups excluding carboxylic acids is 1. The molecule has 3 aromatic rings. The molecule has 0 heterocycles. The van der Waals surface area contributed by atoms with Crippen molar-refractivity contribution in [2.24, 2.45) is 0 Å². The first-order chi connectivity index (χ1) is 11.0. The van der Waals surface area contributed by atoms with E-state index >= 15 is 0 Å². The van der Waals surface area contributed by atoms with Crippen LogP contribution in [0.4, 0.5) is 0 Å². The summed E-state index contributed by atoms with van der Waals surface area (Å²) in [4.78, 5) is 11.6. The summed E-state index contributed by atoms with van der Waals surface area (Å²) < 4.78 is 5.30. The molecule has 114 valence electrons. The van der Waals surface area contributed by atoms with Gasteiger partial charge in [0.2, 0.25) is 0 Å². The zero-order valence-corrected chi connectivity index (χ0v) is 13.3. The number of fused-ring (bicyclic) bond motifs is 3. The van der Waals surface area contributed by atoms with Gasteiger partial charge in [0.25, 0.3) is 0 Å². The maximum Gasteiger partial charge on any atom is 0.338 e. The quantitative estimate of drug-likeness (QED) is 0.276. The van der Waals surface area contributed by atoms with E-state index < -0.39 is 5.97 Å². The lowest BCUT2D eigenvalue weighted by Crippen LogP contribution is -2.07. The van der Waals surface area contributed by atoms with E-state index in [1.165, 1.54) is 10.8 Å². The highest BCUT2D eigenvalue weighted by Gasteiger charge is 2.07. The molecule has 2 nitrogen and oxygen atoms in total. The molecule has 0 aliphatic rings. The summed E-state index contributed by atoms with van der Waals surface area (Å²) in [5.41, 5.74) is 2.58. The Labute approximate surface area is 135 Å². The van der Waals surface area contributed by atoms with Crippen molar-refractivity contribution < 1.29 is 9.53 Å². The Bertz CT molecular complexity index is 964. The first kappa shape index (κ1) is 15.0. The Morgan fingerprint density at radius 2 is 1.48 bits per heavy atom. The van der Waals surface area contributed by atoms with Gasteiger partial charge in [0.15, 0.2) is 0 Å². The van der Waals surface area contributed by atoms with Crippen LogP contribution in [-0.2, 0) is 4.79 Å². The van der Waals surface area contributed by atoms with Gasteiger partial charge in [-0.2, -0.15) is 0 Å². The molecule has 3 rings (SSSR count). The van der Waals surface area contributed by atoms with E-state index in [9.17, 15) is 4.79 Å². The molecule has 3 aromatic carbocycles. The number of hydrogen-bond acceptors (Lipinski definition) is 2. The van der Waals surface area contributed by atoms with Crippen LogP contribution < -0.4 is 4.74 Å². The van der Waals surface area contributed by atoms with Gasteiger partial charge in [-0.1, -0.05) is 49.1 Å². The van der Waals surface area contributed by atoms with Crippen molar-refractivity contribution in [3.05, 3.63) is 72.8 Å². The molecule has 0 atom stereocenters. The van der Waals surface area contributed by atoms with Crippen LogP contribution in [0, 0.1) is 0 Å². The summed E-state index contributed by atoms with van der Waals surface area (Å²) in [6.45, 7) is 11.2. The van der Waals surface area contributed by atoms with Crippen LogP contribution in [0.25, 0.3) is 27.1 Å². The highest BCUT2D eigenvalue weighted by atomic mass is 16.5. The van der Waals surface area contributed by atoms with E-state index in [1.807, 2.05) is 31.2 Å². The molecule has 0 spiro atoms. The Hall–Kier alpha value is -2.87. The van der Waals surface area contributed by atoms with Crippen LogP contribution in [0.3, 0.4) is 0 Å². The first-order valence-electron chi connectivity index (χ1n) is 7.46. The first-order valence-corrected chi connectivity index (χ1v) is 7.46. The minimum absolute atomic E-state index is 0.385. The molecule has 0 unspecified atom stereocenters. The third-order valence-corrected chi connectivity index (χ3v) is 3.86. The second kappa shape index (κ2) is 5.73. The van der Waals surface area contributed by atoms with E-state index in [4.69, 9.17) is 4.74 Å². The predicted molar refractivity (Wildman–Crippen MR) is 96.6 cm³/mol. The van der Waals surface area contributed by atoms with Gasteiger partial charge in [0.1, 0.15) is 5.75 Å². The van der Waals surface area contributed by atoms with Crippen molar-refractivity contribution in [2.45, 2.75) is 13.8 Å². The number of benzene rings is 3. The highest BCUT2D eigenvalue weighted by molar-refractivity contribution is 6.08. The summed E-state index contributed by atoms with van der Waals surface area (Å²) in [7, 11) is 0. The second-order valence-electron chi connectivity index (χ2n) is 5.83. The number of rotatable bonds is 3. The molecular weight excluding hydrogens is 284 g/mol. The fraction of sp³-hybridized carbons (Fsp3) is 0.0952. The van der Waals surface area contributed by atoms with Gasteiger partial charge in [0, 0.05) is 5.57 Å². The summed E-state index contributed by atoms with van der Waals surface area (Å²) in [6, 6.07) is 16.1. The molecule has 23 heavy (non-hydrogen) atoms. The Morgan fingerprint density at radius 1 is 0.870 bits per heavy atom. The number of carbonyl (C=O) groups is 1. The molecule has 0 aliphatic carbocycles. The molecule has 2 heteroatoms. The Kier molecular flexibility index (Phi) is 3.75. The SMILES string of the molecule is C=C(C)C(=O)Oc1ccc2c(ccc3cc(C(=C)C)ccc32)c1. The third kappa shape index (κ3) is 2.88. The van der Waals surface area contributed by atoms with Gasteiger partial charge in [0.05, 0.1) is 0 Å². The zero-order valence-electron chi connectivity index (χ0n) is 13.3. The van der Waals surface area contributed by atoms with Gasteiger partial charge in [-0.15, -0.1) is 0 Å². The molecule has 0 N–H and O–H groups in total. The van der Waals surface area contributed by atoms with Crippen molar-refractivity contribution in [2.75, 3.05) is 0 Å². The Balaban J connectivity index is 2.09. The van der Waals surface area contributed by atoms with Crippen LogP contribution >= 0.6 is 0 Å². The van der Waals surface area contributed by atoms with Crippen molar-refractivity contribution in [1.82, 2.24) is 0 Å². The minimum Gasteiger partial charge on any atom is -0.423 e. The summed E-state index contributed by atoms with van der Waals surface area (Å²) in [6.07, 6.45) is 0. The van der Waals surface area contributed by atoms with E-state index in [-0.39, 0.29) is 0 Å². The highest BCUT2D eigenvalue weighted by Crippen LogP contribution is 2.30. The molecule has 0 saturated heterocycles. The lowest BCUT2D eigenvalue weighted by atomic mass is 9.98. The molecule has 0 aromatic heterocycles.